The Morgan fingerprint density at radius 1 is 1.28 bits per heavy atom. The van der Waals surface area contributed by atoms with Gasteiger partial charge >= 0.3 is 6.09 Å². The summed E-state index contributed by atoms with van der Waals surface area (Å²) >= 11 is 0. The van der Waals surface area contributed by atoms with Gasteiger partial charge in [-0.1, -0.05) is 6.07 Å². The second-order valence-corrected chi connectivity index (χ2v) is 10.4. The number of hydrogen-bond acceptors (Lipinski definition) is 11. The third-order valence-corrected chi connectivity index (χ3v) is 7.64. The lowest BCUT2D eigenvalue weighted by Gasteiger charge is -2.19. The SMILES string of the molecule is Cn1nc(COC2CCOC2)c2c1=C(NC1=NNC([C@H]3CC[C@@H](OC(=O)NCc4cccnc4)C3)C1)NCN=2. The number of aryl methyl sites for hydroxylation is 1. The molecule has 2 fully saturated rings. The molecular weight excluding hydrogens is 502 g/mol. The summed E-state index contributed by atoms with van der Waals surface area (Å²) in [7, 11) is 1.91. The third kappa shape index (κ3) is 5.98. The van der Waals surface area contributed by atoms with E-state index in [1.807, 2.05) is 23.9 Å². The average Bonchev–Trinajstić information content (AvgIpc) is 3.76. The Morgan fingerprint density at radius 3 is 3.08 bits per heavy atom. The molecule has 1 saturated carbocycles. The molecule has 6 rings (SSSR count). The van der Waals surface area contributed by atoms with E-state index < -0.39 is 0 Å². The number of pyridine rings is 1. The zero-order chi connectivity index (χ0) is 26.6. The van der Waals surface area contributed by atoms with E-state index in [1.165, 1.54) is 0 Å². The maximum atomic E-state index is 12.3. The van der Waals surface area contributed by atoms with Crippen LogP contribution < -0.4 is 32.1 Å². The number of carbonyl (C=O) groups excluding carboxylic acids is 1. The molecular formula is C26H35N9O4. The summed E-state index contributed by atoms with van der Waals surface area (Å²) in [6.45, 7) is 2.64. The summed E-state index contributed by atoms with van der Waals surface area (Å²) in [4.78, 5) is 21.0. The van der Waals surface area contributed by atoms with E-state index in [1.54, 1.807) is 12.4 Å². The molecule has 39 heavy (non-hydrogen) atoms. The van der Waals surface area contributed by atoms with Gasteiger partial charge in [0.1, 0.15) is 40.8 Å². The van der Waals surface area contributed by atoms with Crippen molar-refractivity contribution in [2.75, 3.05) is 19.9 Å². The predicted molar refractivity (Wildman–Crippen MR) is 140 cm³/mol. The summed E-state index contributed by atoms with van der Waals surface area (Å²) in [5.74, 6) is 2.07. The molecule has 4 atom stereocenters. The van der Waals surface area contributed by atoms with Crippen molar-refractivity contribution in [3.63, 3.8) is 0 Å². The molecule has 2 unspecified atom stereocenters. The molecule has 2 aromatic heterocycles. The molecule has 13 heteroatoms. The van der Waals surface area contributed by atoms with Gasteiger partial charge in [0, 0.05) is 39.0 Å². The Kier molecular flexibility index (Phi) is 7.59. The van der Waals surface area contributed by atoms with Gasteiger partial charge in [0.25, 0.3) is 0 Å². The predicted octanol–water partition coefficient (Wildman–Crippen LogP) is -0.273. The first-order chi connectivity index (χ1) is 19.1. The van der Waals surface area contributed by atoms with Crippen LogP contribution in [0.1, 0.15) is 43.4 Å². The summed E-state index contributed by atoms with van der Waals surface area (Å²) in [6, 6.07) is 3.96. The molecule has 2 aromatic rings. The van der Waals surface area contributed by atoms with Crippen molar-refractivity contribution in [1.82, 2.24) is 36.1 Å². The molecule has 208 valence electrons. The molecule has 0 bridgehead atoms. The van der Waals surface area contributed by atoms with Crippen LogP contribution in [-0.2, 0) is 34.4 Å². The first-order valence-electron chi connectivity index (χ1n) is 13.6. The third-order valence-electron chi connectivity index (χ3n) is 7.64. The minimum atomic E-state index is -0.388. The lowest BCUT2D eigenvalue weighted by Crippen LogP contribution is -2.47. The lowest BCUT2D eigenvalue weighted by molar-refractivity contribution is 0.0295. The molecule has 4 aliphatic rings. The summed E-state index contributed by atoms with van der Waals surface area (Å²) in [5.41, 5.74) is 5.06. The number of amides is 1. The van der Waals surface area contributed by atoms with Crippen molar-refractivity contribution in [2.45, 2.75) is 63.5 Å². The molecule has 13 nitrogen and oxygen atoms in total. The van der Waals surface area contributed by atoms with Crippen LogP contribution in [0.5, 0.6) is 0 Å². The number of nitrogens with one attached hydrogen (secondary N) is 4. The zero-order valence-electron chi connectivity index (χ0n) is 22.1. The number of nitrogens with zero attached hydrogens (tertiary/aromatic N) is 5. The van der Waals surface area contributed by atoms with Gasteiger partial charge in [0.2, 0.25) is 0 Å². The van der Waals surface area contributed by atoms with Crippen LogP contribution in [0.15, 0.2) is 34.6 Å². The molecule has 0 radical (unpaired) electrons. The van der Waals surface area contributed by atoms with Gasteiger partial charge in [-0.3, -0.25) is 14.7 Å². The van der Waals surface area contributed by atoms with Crippen LogP contribution in [0.25, 0.3) is 5.82 Å². The topological polar surface area (TPSA) is 148 Å². The van der Waals surface area contributed by atoms with Crippen molar-refractivity contribution in [2.24, 2.45) is 23.1 Å². The van der Waals surface area contributed by atoms with E-state index in [0.29, 0.717) is 32.3 Å². The highest BCUT2D eigenvalue weighted by molar-refractivity contribution is 5.88. The fourth-order valence-corrected chi connectivity index (χ4v) is 5.61. The van der Waals surface area contributed by atoms with Crippen molar-refractivity contribution in [3.05, 3.63) is 46.5 Å². The Labute approximate surface area is 226 Å². The summed E-state index contributed by atoms with van der Waals surface area (Å²) in [6.07, 6.45) is 7.39. The van der Waals surface area contributed by atoms with Gasteiger partial charge in [0.05, 0.1) is 25.4 Å². The highest BCUT2D eigenvalue weighted by Gasteiger charge is 2.35. The van der Waals surface area contributed by atoms with Gasteiger partial charge in [-0.05, 0) is 43.2 Å². The number of rotatable bonds is 8. The molecule has 3 aliphatic heterocycles. The average molecular weight is 538 g/mol. The summed E-state index contributed by atoms with van der Waals surface area (Å²) in [5, 5.41) is 20.6. The molecule has 1 saturated heterocycles. The van der Waals surface area contributed by atoms with Gasteiger partial charge in [-0.2, -0.15) is 10.2 Å². The lowest BCUT2D eigenvalue weighted by atomic mass is 9.96. The molecule has 1 aliphatic carbocycles. The van der Waals surface area contributed by atoms with Gasteiger partial charge in [-0.25, -0.2) is 4.79 Å². The van der Waals surface area contributed by atoms with E-state index in [-0.39, 0.29) is 24.3 Å². The second-order valence-electron chi connectivity index (χ2n) is 10.4. The maximum Gasteiger partial charge on any atom is 0.407 e. The van der Waals surface area contributed by atoms with Crippen LogP contribution >= 0.6 is 0 Å². The number of carbonyl (C=O) groups is 1. The number of fused-ring (bicyclic) bond motifs is 1. The minimum Gasteiger partial charge on any atom is -0.446 e. The smallest absolute Gasteiger partial charge is 0.407 e. The molecule has 0 aromatic carbocycles. The number of alkyl carbamates (subject to hydrolysis) is 1. The fourth-order valence-electron chi connectivity index (χ4n) is 5.61. The Hall–Kier alpha value is -3.71. The van der Waals surface area contributed by atoms with Crippen LogP contribution in [0, 0.1) is 5.92 Å². The first-order valence-corrected chi connectivity index (χ1v) is 13.6. The number of hydrogen-bond donors (Lipinski definition) is 4. The van der Waals surface area contributed by atoms with Crippen molar-refractivity contribution < 1.29 is 19.0 Å². The van der Waals surface area contributed by atoms with Gasteiger partial charge in [0.15, 0.2) is 0 Å². The largest absolute Gasteiger partial charge is 0.446 e. The van der Waals surface area contributed by atoms with Crippen LogP contribution in [0.4, 0.5) is 4.79 Å². The van der Waals surface area contributed by atoms with Crippen molar-refractivity contribution in [3.8, 4) is 0 Å². The second kappa shape index (κ2) is 11.6. The van der Waals surface area contributed by atoms with Gasteiger partial charge in [-0.15, -0.1) is 0 Å². The fraction of sp³-hybridized carbons (Fsp3) is 0.577. The van der Waals surface area contributed by atoms with E-state index in [0.717, 1.165) is 72.3 Å². The van der Waals surface area contributed by atoms with Gasteiger partial charge < -0.3 is 35.6 Å². The first kappa shape index (κ1) is 25.6. The minimum absolute atomic E-state index is 0.0906. The Balaban J connectivity index is 1.01. The van der Waals surface area contributed by atoms with E-state index >= 15 is 0 Å². The highest BCUT2D eigenvalue weighted by atomic mass is 16.6. The number of amidine groups is 1. The van der Waals surface area contributed by atoms with Crippen LogP contribution in [0.3, 0.4) is 0 Å². The molecule has 5 heterocycles. The van der Waals surface area contributed by atoms with Crippen molar-refractivity contribution in [1.29, 1.82) is 0 Å². The van der Waals surface area contributed by atoms with Crippen LogP contribution in [-0.4, -0.2) is 64.8 Å². The van der Waals surface area contributed by atoms with Crippen molar-refractivity contribution >= 4 is 17.7 Å². The highest BCUT2D eigenvalue weighted by Crippen LogP contribution is 2.32. The Bertz CT molecular complexity index is 1320. The monoisotopic (exact) mass is 537 g/mol. The maximum absolute atomic E-state index is 12.3. The number of aromatic nitrogens is 3. The van der Waals surface area contributed by atoms with E-state index in [9.17, 15) is 4.79 Å². The Morgan fingerprint density at radius 2 is 2.23 bits per heavy atom. The number of ether oxygens (including phenoxy) is 3. The zero-order valence-corrected chi connectivity index (χ0v) is 22.1. The van der Waals surface area contributed by atoms with Crippen LogP contribution in [0.2, 0.25) is 0 Å². The molecule has 0 spiro atoms. The van der Waals surface area contributed by atoms with E-state index in [4.69, 9.17) is 14.2 Å². The standard InChI is InChI=1S/C26H35N9O4/c1-35-24-23(21(34-35)14-38-19-6-8-37-13-19)29-15-30-25(24)31-22-10-20(32-33-22)17-4-5-18(9-17)39-26(36)28-12-16-3-2-7-27-11-16/h2-3,7,11,17-20,30,32H,4-6,8-10,12-15H2,1H3,(H,28,36)(H,31,33)/t17-,18+,19?,20?/m0/s1. The van der Waals surface area contributed by atoms with E-state index in [2.05, 4.69) is 41.6 Å². The molecule has 1 amide bonds. The molecule has 4 N–H and O–H groups in total. The normalized spacial score (nSPS) is 25.8. The quantitative estimate of drug-likeness (QED) is 0.357. The summed E-state index contributed by atoms with van der Waals surface area (Å²) < 4.78 is 18.9. The number of hydrazone groups is 1.